The number of hydrogen-bond donors (Lipinski definition) is 4. The molecule has 0 radical (unpaired) electrons. The molecule has 198 valence electrons. The van der Waals surface area contributed by atoms with Gasteiger partial charge in [0.15, 0.2) is 0 Å². The molecule has 1 aromatic heterocycles. The maximum absolute atomic E-state index is 5.96. The first-order chi connectivity index (χ1) is 18.5. The number of rotatable bonds is 7. The van der Waals surface area contributed by atoms with Crippen LogP contribution in [0, 0.1) is 13.8 Å². The van der Waals surface area contributed by atoms with Crippen LogP contribution >= 0.6 is 0 Å². The molecule has 0 amide bonds. The Balaban J connectivity index is 1.08. The summed E-state index contributed by atoms with van der Waals surface area (Å²) in [7, 11) is 0. The summed E-state index contributed by atoms with van der Waals surface area (Å²) in [6.07, 6.45) is 4.17. The highest BCUT2D eigenvalue weighted by Gasteiger charge is 2.31. The molecule has 6 rings (SSSR count). The van der Waals surface area contributed by atoms with Crippen LogP contribution in [0.4, 0.5) is 23.0 Å². The lowest BCUT2D eigenvalue weighted by Crippen LogP contribution is -2.42. The first kappa shape index (κ1) is 24.5. The summed E-state index contributed by atoms with van der Waals surface area (Å²) >= 11 is 0. The summed E-state index contributed by atoms with van der Waals surface area (Å²) in [6, 6.07) is 11.1. The van der Waals surface area contributed by atoms with Crippen molar-refractivity contribution in [3.8, 4) is 5.75 Å². The average Bonchev–Trinajstić information content (AvgIpc) is 3.54. The number of aromatic nitrogens is 2. The summed E-state index contributed by atoms with van der Waals surface area (Å²) in [5, 5.41) is 3.39. The van der Waals surface area contributed by atoms with Gasteiger partial charge in [-0.25, -0.2) is 9.97 Å². The molecular weight excluding hydrogens is 476 g/mol. The third-order valence-corrected chi connectivity index (χ3v) is 7.65. The van der Waals surface area contributed by atoms with Gasteiger partial charge in [0.1, 0.15) is 5.75 Å². The molecule has 4 N–H and O–H groups in total. The third kappa shape index (κ3) is 4.87. The van der Waals surface area contributed by atoms with E-state index < -0.39 is 0 Å². The van der Waals surface area contributed by atoms with Gasteiger partial charge >= 0.3 is 0 Å². The van der Waals surface area contributed by atoms with E-state index in [1.54, 1.807) is 0 Å². The van der Waals surface area contributed by atoms with Gasteiger partial charge < -0.3 is 25.8 Å². The topological polar surface area (TPSA) is 89.6 Å². The predicted octanol–water partition coefficient (Wildman–Crippen LogP) is 4.94. The van der Waals surface area contributed by atoms with Gasteiger partial charge in [0, 0.05) is 67.0 Å². The molecule has 0 aliphatic carbocycles. The van der Waals surface area contributed by atoms with Crippen molar-refractivity contribution in [1.82, 2.24) is 25.3 Å². The molecule has 0 saturated carbocycles. The van der Waals surface area contributed by atoms with Crippen LogP contribution < -0.4 is 26.4 Å². The molecule has 3 aliphatic heterocycles. The highest BCUT2D eigenvalue weighted by molar-refractivity contribution is 5.81. The minimum Gasteiger partial charge on any atom is -0.493 e. The van der Waals surface area contributed by atoms with E-state index in [2.05, 4.69) is 81.2 Å². The molecule has 38 heavy (non-hydrogen) atoms. The quantitative estimate of drug-likeness (QED) is 0.351. The first-order valence-electron chi connectivity index (χ1n) is 13.4. The predicted molar refractivity (Wildman–Crippen MR) is 152 cm³/mol. The van der Waals surface area contributed by atoms with E-state index in [0.717, 1.165) is 78.8 Å². The number of benzene rings is 2. The number of nitrogens with one attached hydrogen (secondary N) is 4. The molecule has 9 nitrogen and oxygen atoms in total. The molecule has 0 unspecified atom stereocenters. The summed E-state index contributed by atoms with van der Waals surface area (Å²) in [5.41, 5.74) is 19.1. The number of piperidine rings is 1. The first-order valence-corrected chi connectivity index (χ1v) is 13.4. The van der Waals surface area contributed by atoms with E-state index in [-0.39, 0.29) is 0 Å². The van der Waals surface area contributed by atoms with E-state index >= 15 is 0 Å². The Bertz CT molecular complexity index is 1340. The number of anilines is 4. The number of likely N-dealkylation sites (tertiary alicyclic amines) is 1. The van der Waals surface area contributed by atoms with Gasteiger partial charge in [0.2, 0.25) is 5.95 Å². The van der Waals surface area contributed by atoms with Gasteiger partial charge in [0.25, 0.3) is 0 Å². The molecule has 9 heteroatoms. The van der Waals surface area contributed by atoms with Crippen LogP contribution in [-0.4, -0.2) is 45.5 Å². The van der Waals surface area contributed by atoms with Gasteiger partial charge in [-0.15, -0.1) is 5.53 Å². The highest BCUT2D eigenvalue weighted by Crippen LogP contribution is 2.38. The van der Waals surface area contributed by atoms with E-state index in [9.17, 15) is 0 Å². The lowest BCUT2D eigenvalue weighted by atomic mass is 10.0. The zero-order chi connectivity index (χ0) is 26.2. The Labute approximate surface area is 224 Å². The summed E-state index contributed by atoms with van der Waals surface area (Å²) in [6.45, 7) is 15.0. The van der Waals surface area contributed by atoms with Crippen LogP contribution in [0.25, 0.3) is 5.70 Å². The van der Waals surface area contributed by atoms with Gasteiger partial charge in [0.05, 0.1) is 23.7 Å². The molecule has 0 atom stereocenters. The maximum Gasteiger partial charge on any atom is 0.227 e. The number of hydrazine groups is 2. The maximum atomic E-state index is 5.96. The van der Waals surface area contributed by atoms with Crippen LogP contribution in [0.5, 0.6) is 5.75 Å². The molecule has 1 fully saturated rings. The fraction of sp³-hybridized carbons (Fsp3) is 0.379. The van der Waals surface area contributed by atoms with Crippen LogP contribution in [0.3, 0.4) is 0 Å². The van der Waals surface area contributed by atoms with Crippen LogP contribution in [0.15, 0.2) is 43.1 Å². The van der Waals surface area contributed by atoms with Crippen molar-refractivity contribution in [2.45, 2.75) is 52.7 Å². The van der Waals surface area contributed by atoms with Gasteiger partial charge in [-0.1, -0.05) is 12.6 Å². The molecular formula is C29H36N8O. The zero-order valence-electron chi connectivity index (χ0n) is 22.4. The molecule has 3 aliphatic rings. The van der Waals surface area contributed by atoms with Crippen molar-refractivity contribution < 1.29 is 4.74 Å². The van der Waals surface area contributed by atoms with Crippen molar-refractivity contribution in [2.75, 3.05) is 35.9 Å². The second-order valence-electron chi connectivity index (χ2n) is 10.4. The molecule has 2 aromatic carbocycles. The van der Waals surface area contributed by atoms with Crippen LogP contribution in [-0.2, 0) is 13.1 Å². The fourth-order valence-electron chi connectivity index (χ4n) is 5.80. The number of nitrogens with zero attached hydrogens (tertiary/aromatic N) is 4. The Morgan fingerprint density at radius 2 is 1.79 bits per heavy atom. The standard InChI is InChI=1S/C29H36N8O/c1-5-38-28-14-26-25(33-35-34-26)13-24(28)20(4)36-8-6-23(7-9-36)37-16-21-15-30-29(32-27(21)17-37)31-22-11-18(2)10-19(3)12-22/h10-15,23,33-35H,4-9,16-17H2,1-3H3,(H,30,31,32). The SMILES string of the molecule is C=C(c1cc2c(cc1OCC)NNN2)N1CCC(N2Cc3cnc(Nc4cc(C)cc(C)c4)nc3C2)CC1. The number of ether oxygens (including phenoxy) is 1. The number of hydrogen-bond acceptors (Lipinski definition) is 9. The Kier molecular flexibility index (Phi) is 6.55. The number of aryl methyl sites for hydroxylation is 2. The van der Waals surface area contributed by atoms with E-state index in [1.807, 2.05) is 19.2 Å². The van der Waals surface area contributed by atoms with E-state index in [0.29, 0.717) is 18.6 Å². The second-order valence-corrected chi connectivity index (χ2v) is 10.4. The van der Waals surface area contributed by atoms with Crippen molar-refractivity contribution in [2.24, 2.45) is 0 Å². The molecule has 1 saturated heterocycles. The van der Waals surface area contributed by atoms with Gasteiger partial charge in [-0.05, 0) is 62.9 Å². The van der Waals surface area contributed by atoms with Crippen molar-refractivity contribution in [1.29, 1.82) is 0 Å². The lowest BCUT2D eigenvalue weighted by Gasteiger charge is -2.38. The molecule has 3 aromatic rings. The smallest absolute Gasteiger partial charge is 0.227 e. The fourth-order valence-corrected chi connectivity index (χ4v) is 5.80. The number of fused-ring (bicyclic) bond motifs is 2. The van der Waals surface area contributed by atoms with Gasteiger partial charge in [-0.2, -0.15) is 0 Å². The Morgan fingerprint density at radius 1 is 1.05 bits per heavy atom. The largest absolute Gasteiger partial charge is 0.493 e. The van der Waals surface area contributed by atoms with Crippen LogP contribution in [0.1, 0.15) is 47.7 Å². The van der Waals surface area contributed by atoms with Gasteiger partial charge in [-0.3, -0.25) is 4.90 Å². The van der Waals surface area contributed by atoms with Crippen molar-refractivity contribution >= 4 is 28.7 Å². The summed E-state index contributed by atoms with van der Waals surface area (Å²) in [4.78, 5) is 14.4. The summed E-state index contributed by atoms with van der Waals surface area (Å²) in [5.74, 6) is 1.52. The average molecular weight is 513 g/mol. The zero-order valence-corrected chi connectivity index (χ0v) is 22.4. The minimum absolute atomic E-state index is 0.519. The van der Waals surface area contributed by atoms with E-state index in [1.165, 1.54) is 16.7 Å². The monoisotopic (exact) mass is 512 g/mol. The van der Waals surface area contributed by atoms with Crippen molar-refractivity contribution in [3.05, 3.63) is 71.1 Å². The normalized spacial score (nSPS) is 17.0. The minimum atomic E-state index is 0.519. The Morgan fingerprint density at radius 3 is 2.53 bits per heavy atom. The third-order valence-electron chi connectivity index (χ3n) is 7.65. The molecule has 0 bridgehead atoms. The van der Waals surface area contributed by atoms with Crippen molar-refractivity contribution in [3.63, 3.8) is 0 Å². The molecule has 4 heterocycles. The molecule has 0 spiro atoms. The van der Waals surface area contributed by atoms with E-state index in [4.69, 9.17) is 9.72 Å². The second kappa shape index (κ2) is 10.2. The Hall–Kier alpha value is -3.82. The lowest BCUT2D eigenvalue weighted by molar-refractivity contribution is 0.131. The van der Waals surface area contributed by atoms with Crippen LogP contribution in [0.2, 0.25) is 0 Å². The highest BCUT2D eigenvalue weighted by atomic mass is 16.5. The summed E-state index contributed by atoms with van der Waals surface area (Å²) < 4.78 is 5.96.